The summed E-state index contributed by atoms with van der Waals surface area (Å²) >= 11 is 0. The van der Waals surface area contributed by atoms with Gasteiger partial charge >= 0.3 is 0 Å². The highest BCUT2D eigenvalue weighted by Crippen LogP contribution is 2.43. The Labute approximate surface area is 149 Å². The molecule has 3 heteroatoms. The molecule has 3 nitrogen and oxygen atoms in total. The largest absolute Gasteiger partial charge is 0.314 e. The molecule has 1 amide bonds. The van der Waals surface area contributed by atoms with E-state index >= 15 is 0 Å². The van der Waals surface area contributed by atoms with Crippen molar-refractivity contribution in [2.75, 3.05) is 11.9 Å². The van der Waals surface area contributed by atoms with Gasteiger partial charge in [0.2, 0.25) is 5.91 Å². The van der Waals surface area contributed by atoms with Gasteiger partial charge in [-0.15, -0.1) is 0 Å². The monoisotopic (exact) mass is 335 g/mol. The molecular formula is C22H25NO2. The number of nitrogens with zero attached hydrogens (tertiary/aromatic N) is 1. The predicted molar refractivity (Wildman–Crippen MR) is 101 cm³/mol. The highest BCUT2D eigenvalue weighted by atomic mass is 16.2. The fraction of sp³-hybridized carbons (Fsp3) is 0.364. The lowest BCUT2D eigenvalue weighted by Crippen LogP contribution is -2.36. The first-order valence-corrected chi connectivity index (χ1v) is 8.95. The molecule has 130 valence electrons. The Balaban J connectivity index is 1.55. The molecule has 2 aromatic carbocycles. The molecule has 1 aliphatic heterocycles. The normalized spacial score (nSPS) is 19.1. The molecule has 0 radical (unpaired) electrons. The molecule has 3 rings (SSSR count). The zero-order valence-corrected chi connectivity index (χ0v) is 15.0. The molecular weight excluding hydrogens is 310 g/mol. The van der Waals surface area contributed by atoms with E-state index in [-0.39, 0.29) is 11.7 Å². The maximum Gasteiger partial charge on any atom is 0.237 e. The van der Waals surface area contributed by atoms with Crippen LogP contribution in [0.4, 0.5) is 5.69 Å². The summed E-state index contributed by atoms with van der Waals surface area (Å²) in [4.78, 5) is 26.6. The number of ketones is 1. The molecule has 0 aliphatic carbocycles. The van der Waals surface area contributed by atoms with E-state index in [4.69, 9.17) is 0 Å². The Morgan fingerprint density at radius 2 is 1.68 bits per heavy atom. The minimum Gasteiger partial charge on any atom is -0.314 e. The van der Waals surface area contributed by atoms with Gasteiger partial charge in [0.25, 0.3) is 0 Å². The molecule has 0 aromatic heterocycles. The molecule has 1 unspecified atom stereocenters. The van der Waals surface area contributed by atoms with Gasteiger partial charge in [-0.1, -0.05) is 48.5 Å². The number of hydrogen-bond acceptors (Lipinski definition) is 2. The summed E-state index contributed by atoms with van der Waals surface area (Å²) in [5, 5.41) is 0. The van der Waals surface area contributed by atoms with E-state index in [1.54, 1.807) is 4.90 Å². The van der Waals surface area contributed by atoms with Gasteiger partial charge < -0.3 is 4.90 Å². The Morgan fingerprint density at radius 1 is 1.00 bits per heavy atom. The minimum atomic E-state index is -0.509. The summed E-state index contributed by atoms with van der Waals surface area (Å²) in [6.45, 7) is 2.01. The van der Waals surface area contributed by atoms with Crippen LogP contribution >= 0.6 is 0 Å². The van der Waals surface area contributed by atoms with Crippen molar-refractivity contribution in [3.05, 3.63) is 65.7 Å². The molecule has 2 aromatic rings. The van der Waals surface area contributed by atoms with Crippen molar-refractivity contribution in [2.45, 2.75) is 44.4 Å². The van der Waals surface area contributed by atoms with Crippen molar-refractivity contribution in [1.29, 1.82) is 0 Å². The van der Waals surface area contributed by atoms with Crippen molar-refractivity contribution >= 4 is 17.4 Å². The zero-order chi connectivity index (χ0) is 17.9. The van der Waals surface area contributed by atoms with E-state index in [1.807, 2.05) is 56.4 Å². The van der Waals surface area contributed by atoms with Gasteiger partial charge in [-0.2, -0.15) is 0 Å². The van der Waals surface area contributed by atoms with Crippen molar-refractivity contribution in [1.82, 2.24) is 0 Å². The number of para-hydroxylation sites is 1. The average molecular weight is 335 g/mol. The van der Waals surface area contributed by atoms with Gasteiger partial charge in [-0.25, -0.2) is 0 Å². The zero-order valence-electron chi connectivity index (χ0n) is 15.0. The van der Waals surface area contributed by atoms with Crippen LogP contribution in [-0.4, -0.2) is 18.7 Å². The van der Waals surface area contributed by atoms with Gasteiger partial charge in [0.05, 0.1) is 5.41 Å². The Hall–Kier alpha value is -2.42. The minimum absolute atomic E-state index is 0.130. The molecule has 0 fully saturated rings. The summed E-state index contributed by atoms with van der Waals surface area (Å²) in [6.07, 6.45) is 3.37. The first-order valence-electron chi connectivity index (χ1n) is 8.95. The van der Waals surface area contributed by atoms with Crippen LogP contribution in [0, 0.1) is 0 Å². The first kappa shape index (κ1) is 17.4. The number of amides is 1. The van der Waals surface area contributed by atoms with Crippen LogP contribution in [0.2, 0.25) is 0 Å². The van der Waals surface area contributed by atoms with Crippen LogP contribution in [0.3, 0.4) is 0 Å². The van der Waals surface area contributed by atoms with Gasteiger partial charge in [0.15, 0.2) is 0 Å². The van der Waals surface area contributed by atoms with Crippen molar-refractivity contribution in [3.8, 4) is 0 Å². The number of Topliss-reactive ketones (excluding diaryl/α,β-unsaturated/α-hetero) is 1. The quantitative estimate of drug-likeness (QED) is 0.757. The maximum atomic E-state index is 12.7. The van der Waals surface area contributed by atoms with Crippen LogP contribution in [0.25, 0.3) is 0 Å². The second kappa shape index (κ2) is 7.22. The number of anilines is 1. The third-order valence-electron chi connectivity index (χ3n) is 5.30. The van der Waals surface area contributed by atoms with E-state index in [0.717, 1.165) is 24.1 Å². The fourth-order valence-electron chi connectivity index (χ4n) is 3.76. The van der Waals surface area contributed by atoms with E-state index in [0.29, 0.717) is 19.3 Å². The third kappa shape index (κ3) is 3.51. The second-order valence-electron chi connectivity index (χ2n) is 7.09. The van der Waals surface area contributed by atoms with Gasteiger partial charge in [-0.3, -0.25) is 9.59 Å². The third-order valence-corrected chi connectivity index (χ3v) is 5.30. The molecule has 0 N–H and O–H groups in total. The van der Waals surface area contributed by atoms with Gasteiger partial charge in [0, 0.05) is 25.6 Å². The average Bonchev–Trinajstić information content (AvgIpc) is 2.83. The Bertz CT molecular complexity index is 769. The topological polar surface area (TPSA) is 37.4 Å². The highest BCUT2D eigenvalue weighted by molar-refractivity contribution is 6.07. The predicted octanol–water partition coefficient (Wildman–Crippen LogP) is 4.29. The first-order chi connectivity index (χ1) is 12.0. The van der Waals surface area contributed by atoms with E-state index in [9.17, 15) is 9.59 Å². The van der Waals surface area contributed by atoms with Crippen molar-refractivity contribution in [3.63, 3.8) is 0 Å². The molecule has 1 aliphatic rings. The lowest BCUT2D eigenvalue weighted by molar-refractivity contribution is -0.123. The maximum absolute atomic E-state index is 12.7. The summed E-state index contributed by atoms with van der Waals surface area (Å²) in [7, 11) is 1.83. The highest BCUT2D eigenvalue weighted by Gasteiger charge is 2.45. The number of aryl methyl sites for hydroxylation is 1. The SMILES string of the molecule is CN1C(=O)C(C)(CCCC(=O)CCc2ccccc2)c2ccccc21. The number of hydrogen-bond donors (Lipinski definition) is 0. The lowest BCUT2D eigenvalue weighted by Gasteiger charge is -2.23. The summed E-state index contributed by atoms with van der Waals surface area (Å²) < 4.78 is 0. The number of fused-ring (bicyclic) bond motifs is 1. The smallest absolute Gasteiger partial charge is 0.237 e. The summed E-state index contributed by atoms with van der Waals surface area (Å²) in [5.41, 5.74) is 2.76. The van der Waals surface area contributed by atoms with Crippen LogP contribution in [-0.2, 0) is 21.4 Å². The lowest BCUT2D eigenvalue weighted by atomic mass is 9.79. The summed E-state index contributed by atoms with van der Waals surface area (Å²) in [6, 6.07) is 18.1. The van der Waals surface area contributed by atoms with Crippen LogP contribution in [0.5, 0.6) is 0 Å². The van der Waals surface area contributed by atoms with E-state index in [1.165, 1.54) is 5.56 Å². The fourth-order valence-corrected chi connectivity index (χ4v) is 3.76. The van der Waals surface area contributed by atoms with Crippen molar-refractivity contribution < 1.29 is 9.59 Å². The van der Waals surface area contributed by atoms with Crippen LogP contribution < -0.4 is 4.90 Å². The summed E-state index contributed by atoms with van der Waals surface area (Å²) in [5.74, 6) is 0.407. The molecule has 1 atom stereocenters. The number of likely N-dealkylation sites (N-methyl/N-ethyl adjacent to an activating group) is 1. The van der Waals surface area contributed by atoms with Crippen LogP contribution in [0.15, 0.2) is 54.6 Å². The molecule has 0 saturated heterocycles. The van der Waals surface area contributed by atoms with E-state index < -0.39 is 5.41 Å². The van der Waals surface area contributed by atoms with E-state index in [2.05, 4.69) is 12.1 Å². The number of carbonyl (C=O) groups is 2. The second-order valence-corrected chi connectivity index (χ2v) is 7.09. The number of rotatable bonds is 7. The Morgan fingerprint density at radius 3 is 2.44 bits per heavy atom. The number of benzene rings is 2. The van der Waals surface area contributed by atoms with Gasteiger partial charge in [0.1, 0.15) is 5.78 Å². The Kier molecular flexibility index (Phi) is 5.03. The van der Waals surface area contributed by atoms with Crippen molar-refractivity contribution in [2.24, 2.45) is 0 Å². The molecule has 1 heterocycles. The molecule has 0 spiro atoms. The van der Waals surface area contributed by atoms with Gasteiger partial charge in [-0.05, 0) is 43.4 Å². The number of carbonyl (C=O) groups excluding carboxylic acids is 2. The molecule has 25 heavy (non-hydrogen) atoms. The van der Waals surface area contributed by atoms with Crippen LogP contribution in [0.1, 0.15) is 43.7 Å². The molecule has 0 saturated carbocycles. The molecule has 0 bridgehead atoms. The standard InChI is InChI=1S/C22H25NO2/c1-22(19-12-6-7-13-20(19)23(2)21(22)25)16-8-11-18(24)15-14-17-9-4-3-5-10-17/h3-7,9-10,12-13H,8,11,14-16H2,1-2H3.